The fraction of sp³-hybridized carbons (Fsp3) is 0.458. The minimum Gasteiger partial charge on any atom is -0.487 e. The molecule has 0 N–H and O–H groups in total. The van der Waals surface area contributed by atoms with E-state index in [1.165, 1.54) is 6.92 Å². The highest BCUT2D eigenvalue weighted by atomic mass is 16.5. The summed E-state index contributed by atoms with van der Waals surface area (Å²) in [5.41, 5.74) is 6.31. The first-order valence-corrected chi connectivity index (χ1v) is 9.70. The predicted octanol–water partition coefficient (Wildman–Crippen LogP) is 6.47. The van der Waals surface area contributed by atoms with Crippen molar-refractivity contribution in [2.75, 3.05) is 0 Å². The highest BCUT2D eigenvalue weighted by molar-refractivity contribution is 5.74. The molecule has 3 heteroatoms. The summed E-state index contributed by atoms with van der Waals surface area (Å²) >= 11 is 0. The van der Waals surface area contributed by atoms with Gasteiger partial charge < -0.3 is 9.47 Å². The van der Waals surface area contributed by atoms with Gasteiger partial charge in [-0.1, -0.05) is 13.8 Å². The molecule has 2 rings (SSSR count). The molecular formula is C24H32O3. The van der Waals surface area contributed by atoms with Crippen molar-refractivity contribution in [3.05, 3.63) is 46.5 Å². The van der Waals surface area contributed by atoms with Gasteiger partial charge in [-0.3, -0.25) is 4.79 Å². The molecule has 0 aliphatic heterocycles. The van der Waals surface area contributed by atoms with Crippen LogP contribution in [0, 0.1) is 27.7 Å². The largest absolute Gasteiger partial charge is 0.487 e. The van der Waals surface area contributed by atoms with E-state index in [1.807, 2.05) is 13.8 Å². The van der Waals surface area contributed by atoms with Gasteiger partial charge in [0.2, 0.25) is 0 Å². The molecule has 0 saturated carbocycles. The van der Waals surface area contributed by atoms with Crippen LogP contribution in [0.5, 0.6) is 11.5 Å². The van der Waals surface area contributed by atoms with Crippen LogP contribution >= 0.6 is 0 Å². The van der Waals surface area contributed by atoms with Gasteiger partial charge >= 0.3 is 5.97 Å². The average molecular weight is 369 g/mol. The summed E-state index contributed by atoms with van der Waals surface area (Å²) in [6.07, 6.45) is 1.94. The van der Waals surface area contributed by atoms with Crippen LogP contribution in [-0.4, -0.2) is 11.6 Å². The molecule has 0 bridgehead atoms. The van der Waals surface area contributed by atoms with E-state index < -0.39 is 0 Å². The molecule has 0 unspecified atom stereocenters. The van der Waals surface area contributed by atoms with Gasteiger partial charge in [0.05, 0.1) is 0 Å². The summed E-state index contributed by atoms with van der Waals surface area (Å²) in [5.74, 6) is 1.34. The zero-order valence-corrected chi connectivity index (χ0v) is 17.9. The summed E-state index contributed by atoms with van der Waals surface area (Å²) in [6.45, 7) is 16.1. The lowest BCUT2D eigenvalue weighted by Crippen LogP contribution is -2.31. The molecular weight excluding hydrogens is 336 g/mol. The third-order valence-electron chi connectivity index (χ3n) is 5.34. The normalized spacial score (nSPS) is 11.4. The molecule has 0 amide bonds. The smallest absolute Gasteiger partial charge is 0.308 e. The lowest BCUT2D eigenvalue weighted by atomic mass is 9.95. The lowest BCUT2D eigenvalue weighted by Gasteiger charge is -2.30. The first-order chi connectivity index (χ1) is 12.6. The number of aryl methyl sites for hydroxylation is 4. The maximum atomic E-state index is 11.3. The quantitative estimate of drug-likeness (QED) is 0.433. The molecule has 2 aromatic rings. The Morgan fingerprint density at radius 2 is 1.19 bits per heavy atom. The molecule has 0 radical (unpaired) electrons. The molecule has 2 aromatic carbocycles. The van der Waals surface area contributed by atoms with Crippen LogP contribution in [0.25, 0.3) is 11.1 Å². The Morgan fingerprint density at radius 1 is 0.815 bits per heavy atom. The van der Waals surface area contributed by atoms with Crippen LogP contribution in [0.4, 0.5) is 0 Å². The van der Waals surface area contributed by atoms with E-state index in [4.69, 9.17) is 9.47 Å². The van der Waals surface area contributed by atoms with Gasteiger partial charge in [-0.2, -0.15) is 0 Å². The number of rotatable bonds is 6. The Kier molecular flexibility index (Phi) is 6.35. The van der Waals surface area contributed by atoms with E-state index in [9.17, 15) is 4.79 Å². The number of benzene rings is 2. The van der Waals surface area contributed by atoms with Crippen LogP contribution in [0.2, 0.25) is 0 Å². The van der Waals surface area contributed by atoms with E-state index in [2.05, 4.69) is 58.9 Å². The van der Waals surface area contributed by atoms with Crippen molar-refractivity contribution in [2.24, 2.45) is 0 Å². The Balaban J connectivity index is 2.45. The molecule has 0 saturated heterocycles. The number of esters is 1. The number of carbonyl (C=O) groups excluding carboxylic acids is 1. The number of ether oxygens (including phenoxy) is 2. The van der Waals surface area contributed by atoms with Crippen LogP contribution in [0.15, 0.2) is 24.3 Å². The first-order valence-electron chi connectivity index (χ1n) is 9.70. The van der Waals surface area contributed by atoms with E-state index in [0.29, 0.717) is 5.75 Å². The zero-order chi connectivity index (χ0) is 20.4. The van der Waals surface area contributed by atoms with E-state index in [0.717, 1.165) is 52.0 Å². The second-order valence-corrected chi connectivity index (χ2v) is 7.73. The van der Waals surface area contributed by atoms with Crippen molar-refractivity contribution in [3.63, 3.8) is 0 Å². The Hall–Kier alpha value is -2.29. The van der Waals surface area contributed by atoms with E-state index in [-0.39, 0.29) is 11.6 Å². The van der Waals surface area contributed by atoms with Gasteiger partial charge in [-0.15, -0.1) is 0 Å². The third kappa shape index (κ3) is 4.71. The summed E-state index contributed by atoms with van der Waals surface area (Å²) in [7, 11) is 0. The molecule has 146 valence electrons. The van der Waals surface area contributed by atoms with Gasteiger partial charge in [0.25, 0.3) is 0 Å². The number of carbonyl (C=O) groups is 1. The molecule has 0 spiro atoms. The molecule has 0 aromatic heterocycles. The molecule has 0 aliphatic carbocycles. The van der Waals surface area contributed by atoms with Gasteiger partial charge in [0, 0.05) is 6.92 Å². The number of hydrogen-bond acceptors (Lipinski definition) is 3. The van der Waals surface area contributed by atoms with Gasteiger partial charge in [0.1, 0.15) is 17.1 Å². The Bertz CT molecular complexity index is 799. The molecule has 0 atom stereocenters. The zero-order valence-electron chi connectivity index (χ0n) is 17.9. The second kappa shape index (κ2) is 8.16. The second-order valence-electron chi connectivity index (χ2n) is 7.73. The first kappa shape index (κ1) is 21.0. The fourth-order valence-corrected chi connectivity index (χ4v) is 3.34. The standard InChI is InChI=1S/C24H32O3/c1-9-24(8,10-2)27-23-17(5)13-21(14-18(23)6)20-11-15(3)22(16(4)12-20)26-19(7)25/h11-14H,9-10H2,1-8H3. The topological polar surface area (TPSA) is 35.5 Å². The van der Waals surface area contributed by atoms with Crippen molar-refractivity contribution in [1.29, 1.82) is 0 Å². The maximum absolute atomic E-state index is 11.3. The lowest BCUT2D eigenvalue weighted by molar-refractivity contribution is -0.131. The fourth-order valence-electron chi connectivity index (χ4n) is 3.34. The summed E-state index contributed by atoms with van der Waals surface area (Å²) < 4.78 is 11.8. The highest BCUT2D eigenvalue weighted by Gasteiger charge is 2.23. The highest BCUT2D eigenvalue weighted by Crippen LogP contribution is 2.36. The van der Waals surface area contributed by atoms with Crippen LogP contribution in [0.1, 0.15) is 62.8 Å². The van der Waals surface area contributed by atoms with Gasteiger partial charge in [-0.25, -0.2) is 0 Å². The van der Waals surface area contributed by atoms with Crippen molar-refractivity contribution >= 4 is 5.97 Å². The molecule has 0 heterocycles. The Morgan fingerprint density at radius 3 is 1.52 bits per heavy atom. The van der Waals surface area contributed by atoms with Gasteiger partial charge in [-0.05, 0) is 105 Å². The van der Waals surface area contributed by atoms with Gasteiger partial charge in [0.15, 0.2) is 0 Å². The Labute approximate surface area is 163 Å². The molecule has 0 aliphatic rings. The molecule has 0 fully saturated rings. The SMILES string of the molecule is CCC(C)(CC)Oc1c(C)cc(-c2cc(C)c(OC(C)=O)c(C)c2)cc1C. The minimum atomic E-state index is -0.294. The number of hydrogen-bond donors (Lipinski definition) is 0. The summed E-state index contributed by atoms with van der Waals surface area (Å²) in [4.78, 5) is 11.3. The minimum absolute atomic E-state index is 0.143. The third-order valence-corrected chi connectivity index (χ3v) is 5.34. The predicted molar refractivity (Wildman–Crippen MR) is 112 cm³/mol. The van der Waals surface area contributed by atoms with E-state index in [1.54, 1.807) is 0 Å². The molecule has 3 nitrogen and oxygen atoms in total. The summed E-state index contributed by atoms with van der Waals surface area (Å²) in [5, 5.41) is 0. The van der Waals surface area contributed by atoms with Crippen LogP contribution in [0.3, 0.4) is 0 Å². The van der Waals surface area contributed by atoms with E-state index >= 15 is 0 Å². The van der Waals surface area contributed by atoms with Crippen molar-refractivity contribution in [3.8, 4) is 22.6 Å². The maximum Gasteiger partial charge on any atom is 0.308 e. The average Bonchev–Trinajstić information content (AvgIpc) is 2.60. The van der Waals surface area contributed by atoms with Crippen molar-refractivity contribution in [2.45, 2.75) is 73.8 Å². The monoisotopic (exact) mass is 368 g/mol. The summed E-state index contributed by atoms with van der Waals surface area (Å²) in [6, 6.07) is 8.49. The molecule has 27 heavy (non-hydrogen) atoms. The van der Waals surface area contributed by atoms with Crippen molar-refractivity contribution in [1.82, 2.24) is 0 Å². The van der Waals surface area contributed by atoms with Crippen LogP contribution < -0.4 is 9.47 Å². The van der Waals surface area contributed by atoms with Crippen LogP contribution in [-0.2, 0) is 4.79 Å². The van der Waals surface area contributed by atoms with Crippen molar-refractivity contribution < 1.29 is 14.3 Å².